The van der Waals surface area contributed by atoms with Crippen molar-refractivity contribution < 1.29 is 13.2 Å². The summed E-state index contributed by atoms with van der Waals surface area (Å²) in [4.78, 5) is 0. The van der Waals surface area contributed by atoms with Crippen molar-refractivity contribution in [2.24, 2.45) is 0 Å². The predicted octanol–water partition coefficient (Wildman–Crippen LogP) is 0.863. The van der Waals surface area contributed by atoms with Crippen LogP contribution in [0, 0.1) is 0 Å². The topological polar surface area (TPSA) is 67.4 Å². The summed E-state index contributed by atoms with van der Waals surface area (Å²) in [7, 11) is -3.16. The van der Waals surface area contributed by atoms with Gasteiger partial charge in [0.2, 0.25) is 10.0 Å². The Balaban J connectivity index is 2.35. The van der Waals surface area contributed by atoms with Crippen LogP contribution in [0.2, 0.25) is 0 Å². The Labute approximate surface area is 111 Å². The molecule has 0 aliphatic carbocycles. The molecule has 0 bridgehead atoms. The zero-order chi connectivity index (χ0) is 13.6. The van der Waals surface area contributed by atoms with Gasteiger partial charge in [-0.05, 0) is 46.2 Å². The van der Waals surface area contributed by atoms with E-state index in [1.807, 2.05) is 20.8 Å². The van der Waals surface area contributed by atoms with Gasteiger partial charge in [-0.3, -0.25) is 0 Å². The van der Waals surface area contributed by atoms with Crippen molar-refractivity contribution in [3.05, 3.63) is 0 Å². The molecule has 0 amide bonds. The maximum absolute atomic E-state index is 11.9. The van der Waals surface area contributed by atoms with E-state index in [2.05, 4.69) is 10.0 Å². The molecule has 1 atom stereocenters. The molecular weight excluding hydrogens is 252 g/mol. The van der Waals surface area contributed by atoms with Gasteiger partial charge >= 0.3 is 0 Å². The van der Waals surface area contributed by atoms with Crippen molar-refractivity contribution in [3.8, 4) is 0 Å². The largest absolute Gasteiger partial charge is 0.375 e. The molecule has 0 saturated carbocycles. The van der Waals surface area contributed by atoms with E-state index in [0.29, 0.717) is 13.0 Å². The summed E-state index contributed by atoms with van der Waals surface area (Å²) in [6.45, 7) is 8.25. The van der Waals surface area contributed by atoms with Crippen molar-refractivity contribution in [1.82, 2.24) is 10.0 Å². The first kappa shape index (κ1) is 15.9. The maximum atomic E-state index is 11.9. The van der Waals surface area contributed by atoms with Crippen LogP contribution in [0.4, 0.5) is 0 Å². The van der Waals surface area contributed by atoms with Gasteiger partial charge in [-0.1, -0.05) is 6.92 Å². The Morgan fingerprint density at radius 1 is 1.39 bits per heavy atom. The maximum Gasteiger partial charge on any atom is 0.211 e. The Hall–Kier alpha value is -0.170. The Kier molecular flexibility index (Phi) is 6.04. The summed E-state index contributed by atoms with van der Waals surface area (Å²) in [5.41, 5.74) is -0.227. The SMILES string of the molecule is CCNCCCS(=O)(=O)NC1CCOC(C)(C)C1. The van der Waals surface area contributed by atoms with Gasteiger partial charge in [0.25, 0.3) is 0 Å². The first-order valence-electron chi connectivity index (χ1n) is 6.69. The van der Waals surface area contributed by atoms with Gasteiger partial charge in [0.1, 0.15) is 0 Å². The molecule has 0 aromatic carbocycles. The van der Waals surface area contributed by atoms with Crippen molar-refractivity contribution in [2.75, 3.05) is 25.4 Å². The second kappa shape index (κ2) is 6.84. The Morgan fingerprint density at radius 3 is 2.72 bits per heavy atom. The summed E-state index contributed by atoms with van der Waals surface area (Å²) in [6, 6.07) is 0.0119. The van der Waals surface area contributed by atoms with Crippen molar-refractivity contribution in [2.45, 2.75) is 51.7 Å². The zero-order valence-corrected chi connectivity index (χ0v) is 12.5. The van der Waals surface area contributed by atoms with E-state index >= 15 is 0 Å². The van der Waals surface area contributed by atoms with Gasteiger partial charge in [-0.2, -0.15) is 0 Å². The molecule has 0 aromatic rings. The number of rotatable bonds is 7. The number of nitrogens with one attached hydrogen (secondary N) is 2. The van der Waals surface area contributed by atoms with Crippen molar-refractivity contribution >= 4 is 10.0 Å². The molecule has 6 heteroatoms. The molecule has 1 aliphatic rings. The lowest BCUT2D eigenvalue weighted by molar-refractivity contribution is -0.0599. The number of sulfonamides is 1. The first-order chi connectivity index (χ1) is 8.35. The number of hydrogen-bond acceptors (Lipinski definition) is 4. The fraction of sp³-hybridized carbons (Fsp3) is 1.00. The predicted molar refractivity (Wildman–Crippen MR) is 73.1 cm³/mol. The Bertz CT molecular complexity index is 341. The third kappa shape index (κ3) is 6.13. The minimum absolute atomic E-state index is 0.0119. The van der Waals surface area contributed by atoms with Gasteiger partial charge in [0.15, 0.2) is 0 Å². The normalized spacial score (nSPS) is 24.1. The van der Waals surface area contributed by atoms with Gasteiger partial charge in [-0.15, -0.1) is 0 Å². The van der Waals surface area contributed by atoms with Gasteiger partial charge in [-0.25, -0.2) is 13.1 Å². The fourth-order valence-electron chi connectivity index (χ4n) is 2.21. The molecule has 0 aromatic heterocycles. The molecule has 2 N–H and O–H groups in total. The highest BCUT2D eigenvalue weighted by Crippen LogP contribution is 2.24. The molecular formula is C12H26N2O3S. The lowest BCUT2D eigenvalue weighted by atomic mass is 9.95. The van der Waals surface area contributed by atoms with Crippen LogP contribution in [0.25, 0.3) is 0 Å². The summed E-state index contributed by atoms with van der Waals surface area (Å²) in [6.07, 6.45) is 2.14. The van der Waals surface area contributed by atoms with Gasteiger partial charge < -0.3 is 10.1 Å². The first-order valence-corrected chi connectivity index (χ1v) is 8.34. The van der Waals surface area contributed by atoms with E-state index in [9.17, 15) is 8.42 Å². The minimum atomic E-state index is -3.16. The third-order valence-corrected chi connectivity index (χ3v) is 4.58. The van der Waals surface area contributed by atoms with E-state index in [-0.39, 0.29) is 17.4 Å². The zero-order valence-electron chi connectivity index (χ0n) is 11.7. The monoisotopic (exact) mass is 278 g/mol. The van der Waals surface area contributed by atoms with E-state index in [4.69, 9.17) is 4.74 Å². The highest BCUT2D eigenvalue weighted by atomic mass is 32.2. The molecule has 18 heavy (non-hydrogen) atoms. The van der Waals surface area contributed by atoms with Crippen LogP contribution in [0.15, 0.2) is 0 Å². The highest BCUT2D eigenvalue weighted by Gasteiger charge is 2.30. The van der Waals surface area contributed by atoms with Crippen LogP contribution in [-0.4, -0.2) is 45.5 Å². The summed E-state index contributed by atoms with van der Waals surface area (Å²) in [5.74, 6) is 0.192. The average Bonchev–Trinajstić information content (AvgIpc) is 2.22. The minimum Gasteiger partial charge on any atom is -0.375 e. The molecule has 0 radical (unpaired) electrons. The smallest absolute Gasteiger partial charge is 0.211 e. The highest BCUT2D eigenvalue weighted by molar-refractivity contribution is 7.89. The van der Waals surface area contributed by atoms with Crippen LogP contribution < -0.4 is 10.0 Å². The third-order valence-electron chi connectivity index (χ3n) is 3.06. The molecule has 1 aliphatic heterocycles. The fourth-order valence-corrected chi connectivity index (χ4v) is 3.56. The standard InChI is InChI=1S/C12H26N2O3S/c1-4-13-7-5-9-18(15,16)14-11-6-8-17-12(2,3)10-11/h11,13-14H,4-10H2,1-3H3. The summed E-state index contributed by atoms with van der Waals surface area (Å²) in [5, 5.41) is 3.13. The lowest BCUT2D eigenvalue weighted by Gasteiger charge is -2.35. The van der Waals surface area contributed by atoms with Crippen LogP contribution in [0.1, 0.15) is 40.0 Å². The van der Waals surface area contributed by atoms with E-state index in [1.165, 1.54) is 0 Å². The van der Waals surface area contributed by atoms with Crippen molar-refractivity contribution in [1.29, 1.82) is 0 Å². The molecule has 1 rings (SSSR count). The molecule has 0 spiro atoms. The molecule has 1 fully saturated rings. The second-order valence-corrected chi connectivity index (χ2v) is 7.32. The molecule has 1 unspecified atom stereocenters. The van der Waals surface area contributed by atoms with Crippen molar-refractivity contribution in [3.63, 3.8) is 0 Å². The Morgan fingerprint density at radius 2 is 2.11 bits per heavy atom. The molecule has 1 heterocycles. The summed E-state index contributed by atoms with van der Waals surface area (Å²) >= 11 is 0. The van der Waals surface area contributed by atoms with Gasteiger partial charge in [0.05, 0.1) is 11.4 Å². The van der Waals surface area contributed by atoms with Gasteiger partial charge in [0, 0.05) is 12.6 Å². The lowest BCUT2D eigenvalue weighted by Crippen LogP contribution is -2.46. The molecule has 108 valence electrons. The van der Waals surface area contributed by atoms with Crippen LogP contribution in [-0.2, 0) is 14.8 Å². The number of ether oxygens (including phenoxy) is 1. The second-order valence-electron chi connectivity index (χ2n) is 5.44. The van der Waals surface area contributed by atoms with Crippen LogP contribution in [0.3, 0.4) is 0 Å². The average molecular weight is 278 g/mol. The quantitative estimate of drug-likeness (QED) is 0.678. The molecule has 1 saturated heterocycles. The van der Waals surface area contributed by atoms with E-state index in [0.717, 1.165) is 25.9 Å². The van der Waals surface area contributed by atoms with E-state index < -0.39 is 10.0 Å². The van der Waals surface area contributed by atoms with E-state index in [1.54, 1.807) is 0 Å². The number of hydrogen-bond donors (Lipinski definition) is 2. The van der Waals surface area contributed by atoms with Crippen LogP contribution in [0.5, 0.6) is 0 Å². The molecule has 5 nitrogen and oxygen atoms in total. The summed E-state index contributed by atoms with van der Waals surface area (Å²) < 4.78 is 32.2. The van der Waals surface area contributed by atoms with Crippen LogP contribution >= 0.6 is 0 Å².